The van der Waals surface area contributed by atoms with Crippen molar-refractivity contribution in [3.63, 3.8) is 0 Å². The van der Waals surface area contributed by atoms with Gasteiger partial charge in [-0.3, -0.25) is 4.79 Å². The first-order valence-corrected chi connectivity index (χ1v) is 8.19. The Hall–Kier alpha value is -1.34. The van der Waals surface area contributed by atoms with Gasteiger partial charge in [0.05, 0.1) is 6.10 Å². The van der Waals surface area contributed by atoms with Crippen LogP contribution in [0, 0.1) is 0 Å². The topological polar surface area (TPSA) is 80.5 Å². The lowest BCUT2D eigenvalue weighted by molar-refractivity contribution is -0.0000881. The number of nitrogens with zero attached hydrogens (tertiary/aromatic N) is 2. The van der Waals surface area contributed by atoms with E-state index in [1.54, 1.807) is 11.9 Å². The Bertz CT molecular complexity index is 483. The van der Waals surface area contributed by atoms with Crippen LogP contribution >= 0.6 is 11.3 Å². The number of aromatic nitrogens is 1. The molecule has 1 fully saturated rings. The van der Waals surface area contributed by atoms with Crippen LogP contribution in [0.1, 0.15) is 42.8 Å². The van der Waals surface area contributed by atoms with Gasteiger partial charge in [-0.05, 0) is 33.1 Å². The quantitative estimate of drug-likeness (QED) is 0.871. The zero-order chi connectivity index (χ0) is 15.4. The first kappa shape index (κ1) is 16.0. The van der Waals surface area contributed by atoms with E-state index in [4.69, 9.17) is 10.5 Å². The van der Waals surface area contributed by atoms with Crippen molar-refractivity contribution >= 4 is 28.2 Å². The number of likely N-dealkylation sites (N-methyl/N-ethyl adjacent to an activating group) is 1. The second-order valence-electron chi connectivity index (χ2n) is 5.71. The smallest absolute Gasteiger partial charge is 0.267 e. The molecule has 1 aromatic rings. The third kappa shape index (κ3) is 4.31. The van der Waals surface area contributed by atoms with Crippen LogP contribution in [0.5, 0.6) is 0 Å². The van der Waals surface area contributed by atoms with Gasteiger partial charge in [0.15, 0.2) is 5.13 Å². The van der Waals surface area contributed by atoms with E-state index in [2.05, 4.69) is 10.3 Å². The lowest BCUT2D eigenvalue weighted by Crippen LogP contribution is -2.37. The Morgan fingerprint density at radius 2 is 2.33 bits per heavy atom. The average Bonchev–Trinajstić information content (AvgIpc) is 2.78. The van der Waals surface area contributed by atoms with E-state index in [0.29, 0.717) is 22.4 Å². The molecule has 1 aliphatic rings. The molecule has 1 unspecified atom stereocenters. The van der Waals surface area contributed by atoms with Crippen molar-refractivity contribution in [1.82, 2.24) is 9.88 Å². The summed E-state index contributed by atoms with van der Waals surface area (Å²) in [6.07, 6.45) is 3.42. The van der Waals surface area contributed by atoms with Crippen LogP contribution in [0.25, 0.3) is 0 Å². The Morgan fingerprint density at radius 1 is 1.57 bits per heavy atom. The maximum atomic E-state index is 12.5. The number of anilines is 2. The van der Waals surface area contributed by atoms with Gasteiger partial charge in [0.2, 0.25) is 0 Å². The molecule has 0 spiro atoms. The Morgan fingerprint density at radius 3 is 2.95 bits per heavy atom. The van der Waals surface area contributed by atoms with Crippen LogP contribution in [0.3, 0.4) is 0 Å². The summed E-state index contributed by atoms with van der Waals surface area (Å²) < 4.78 is 5.67. The Labute approximate surface area is 129 Å². The average molecular weight is 312 g/mol. The molecule has 118 valence electrons. The maximum absolute atomic E-state index is 12.5. The molecular formula is C14H24N4O2S. The number of ether oxygens (including phenoxy) is 1. The summed E-state index contributed by atoms with van der Waals surface area (Å²) in [5, 5.41) is 3.86. The minimum atomic E-state index is -0.0871. The molecule has 3 N–H and O–H groups in total. The molecule has 1 aliphatic heterocycles. The molecule has 0 aliphatic carbocycles. The molecular weight excluding hydrogens is 288 g/mol. The van der Waals surface area contributed by atoms with Gasteiger partial charge in [0, 0.05) is 26.2 Å². The Kier molecular flexibility index (Phi) is 5.41. The number of amides is 1. The predicted octanol–water partition coefficient (Wildman–Crippen LogP) is 2.19. The zero-order valence-corrected chi connectivity index (χ0v) is 13.7. The summed E-state index contributed by atoms with van der Waals surface area (Å²) in [5.41, 5.74) is 5.87. The molecule has 1 saturated heterocycles. The van der Waals surface area contributed by atoms with Gasteiger partial charge in [0.1, 0.15) is 10.7 Å². The highest BCUT2D eigenvalue weighted by Crippen LogP contribution is 2.27. The molecule has 6 nitrogen and oxygen atoms in total. The van der Waals surface area contributed by atoms with Gasteiger partial charge in [-0.25, -0.2) is 4.98 Å². The number of rotatable bonds is 5. The summed E-state index contributed by atoms with van der Waals surface area (Å²) in [6.45, 7) is 5.43. The van der Waals surface area contributed by atoms with Gasteiger partial charge in [-0.2, -0.15) is 0 Å². The number of hydrogen-bond acceptors (Lipinski definition) is 6. The van der Waals surface area contributed by atoms with Crippen molar-refractivity contribution < 1.29 is 9.53 Å². The van der Waals surface area contributed by atoms with Crippen molar-refractivity contribution in [2.75, 3.05) is 31.2 Å². The lowest BCUT2D eigenvalue weighted by Gasteiger charge is -2.27. The standard InChI is InChI=1S/C14H24N4O2S/c1-9(2)16-14-17-12(15)11(21-14)13(19)18(3)8-10-6-4-5-7-20-10/h9-10H,4-8,15H2,1-3H3,(H,16,17). The summed E-state index contributed by atoms with van der Waals surface area (Å²) >= 11 is 1.31. The van der Waals surface area contributed by atoms with Crippen LogP contribution < -0.4 is 11.1 Å². The van der Waals surface area contributed by atoms with Gasteiger partial charge in [0.25, 0.3) is 5.91 Å². The molecule has 0 aromatic carbocycles. The largest absolute Gasteiger partial charge is 0.382 e. The third-order valence-electron chi connectivity index (χ3n) is 3.36. The van der Waals surface area contributed by atoms with E-state index in [-0.39, 0.29) is 18.1 Å². The second kappa shape index (κ2) is 7.09. The molecule has 2 heterocycles. The molecule has 0 radical (unpaired) electrons. The number of carbonyl (C=O) groups is 1. The normalized spacial score (nSPS) is 18.8. The molecule has 0 saturated carbocycles. The highest BCUT2D eigenvalue weighted by molar-refractivity contribution is 7.18. The molecule has 2 rings (SSSR count). The monoisotopic (exact) mass is 312 g/mol. The van der Waals surface area contributed by atoms with E-state index in [0.717, 1.165) is 25.9 Å². The van der Waals surface area contributed by atoms with Crippen LogP contribution in [0.4, 0.5) is 10.9 Å². The number of thiazole rings is 1. The molecule has 7 heteroatoms. The van der Waals surface area contributed by atoms with Crippen LogP contribution in [0.15, 0.2) is 0 Å². The van der Waals surface area contributed by atoms with Crippen LogP contribution in [-0.4, -0.2) is 48.1 Å². The summed E-state index contributed by atoms with van der Waals surface area (Å²) in [6, 6.07) is 0.256. The van der Waals surface area contributed by atoms with Gasteiger partial charge in [-0.1, -0.05) is 11.3 Å². The van der Waals surface area contributed by atoms with Crippen molar-refractivity contribution in [2.24, 2.45) is 0 Å². The number of hydrogen-bond donors (Lipinski definition) is 2. The summed E-state index contributed by atoms with van der Waals surface area (Å²) in [7, 11) is 1.79. The minimum Gasteiger partial charge on any atom is -0.382 e. The van der Waals surface area contributed by atoms with Crippen LogP contribution in [-0.2, 0) is 4.74 Å². The first-order chi connectivity index (χ1) is 9.97. The SMILES string of the molecule is CC(C)Nc1nc(N)c(C(=O)N(C)CC2CCCCO2)s1. The fourth-order valence-electron chi connectivity index (χ4n) is 2.31. The third-order valence-corrected chi connectivity index (χ3v) is 4.35. The molecule has 21 heavy (non-hydrogen) atoms. The molecule has 1 amide bonds. The van der Waals surface area contributed by atoms with Crippen LogP contribution in [0.2, 0.25) is 0 Å². The maximum Gasteiger partial charge on any atom is 0.267 e. The zero-order valence-electron chi connectivity index (χ0n) is 12.9. The highest BCUT2D eigenvalue weighted by atomic mass is 32.1. The van der Waals surface area contributed by atoms with Crippen molar-refractivity contribution in [2.45, 2.75) is 45.3 Å². The molecule has 1 aromatic heterocycles. The number of nitrogen functional groups attached to an aromatic ring is 1. The van der Waals surface area contributed by atoms with Crippen molar-refractivity contribution in [3.8, 4) is 0 Å². The van der Waals surface area contributed by atoms with E-state index >= 15 is 0 Å². The van der Waals surface area contributed by atoms with E-state index in [1.165, 1.54) is 11.3 Å². The Balaban J connectivity index is 1.99. The van der Waals surface area contributed by atoms with E-state index < -0.39 is 0 Å². The highest BCUT2D eigenvalue weighted by Gasteiger charge is 2.23. The fraction of sp³-hybridized carbons (Fsp3) is 0.714. The number of nitrogens with two attached hydrogens (primary N) is 1. The van der Waals surface area contributed by atoms with Gasteiger partial charge in [-0.15, -0.1) is 0 Å². The summed E-state index contributed by atoms with van der Waals surface area (Å²) in [4.78, 5) is 18.9. The fourth-order valence-corrected chi connectivity index (χ4v) is 3.33. The minimum absolute atomic E-state index is 0.0871. The first-order valence-electron chi connectivity index (χ1n) is 7.37. The second-order valence-corrected chi connectivity index (χ2v) is 6.71. The molecule has 0 bridgehead atoms. The van der Waals surface area contributed by atoms with Gasteiger partial charge >= 0.3 is 0 Å². The number of carbonyl (C=O) groups excluding carboxylic acids is 1. The number of nitrogens with one attached hydrogen (secondary N) is 1. The van der Waals surface area contributed by atoms with E-state index in [9.17, 15) is 4.79 Å². The molecule has 1 atom stereocenters. The van der Waals surface area contributed by atoms with Crippen molar-refractivity contribution in [3.05, 3.63) is 4.88 Å². The lowest BCUT2D eigenvalue weighted by atomic mass is 10.1. The van der Waals surface area contributed by atoms with Gasteiger partial charge < -0.3 is 20.7 Å². The summed E-state index contributed by atoms with van der Waals surface area (Å²) in [5.74, 6) is 0.209. The van der Waals surface area contributed by atoms with Crippen molar-refractivity contribution in [1.29, 1.82) is 0 Å². The predicted molar refractivity (Wildman–Crippen MR) is 85.8 cm³/mol. The van der Waals surface area contributed by atoms with E-state index in [1.807, 2.05) is 13.8 Å².